The Balaban J connectivity index is 1.99. The van der Waals surface area contributed by atoms with Crippen molar-refractivity contribution in [3.05, 3.63) is 58.9 Å². The predicted octanol–water partition coefficient (Wildman–Crippen LogP) is 5.13. The maximum atomic E-state index is 13.6. The predicted molar refractivity (Wildman–Crippen MR) is 85.5 cm³/mol. The minimum absolute atomic E-state index is 0.265. The summed E-state index contributed by atoms with van der Waals surface area (Å²) in [5, 5.41) is 3.71. The number of ether oxygens (including phenoxy) is 1. The maximum absolute atomic E-state index is 13.6. The molecule has 4 heteroatoms. The number of hydrogen-bond donors (Lipinski definition) is 1. The minimum Gasteiger partial charge on any atom is -0.493 e. The van der Waals surface area contributed by atoms with Crippen LogP contribution in [-0.2, 0) is 6.54 Å². The maximum Gasteiger partial charge on any atom is 0.128 e. The summed E-state index contributed by atoms with van der Waals surface area (Å²) in [5.41, 5.74) is 1.42. The van der Waals surface area contributed by atoms with E-state index in [1.54, 1.807) is 12.1 Å². The van der Waals surface area contributed by atoms with Gasteiger partial charge in [0.1, 0.15) is 11.6 Å². The van der Waals surface area contributed by atoms with E-state index in [1.165, 1.54) is 6.07 Å². The quantitative estimate of drug-likeness (QED) is 0.799. The molecule has 0 atom stereocenters. The molecule has 0 unspecified atom stereocenters. The van der Waals surface area contributed by atoms with E-state index in [-0.39, 0.29) is 5.82 Å². The molecule has 0 spiro atoms. The van der Waals surface area contributed by atoms with E-state index >= 15 is 0 Å². The van der Waals surface area contributed by atoms with Crippen molar-refractivity contribution in [2.45, 2.75) is 20.4 Å². The van der Waals surface area contributed by atoms with E-state index in [9.17, 15) is 4.39 Å². The van der Waals surface area contributed by atoms with Gasteiger partial charge >= 0.3 is 0 Å². The standard InChI is InChI=1S/C17H19ClFNO/c1-12(2)11-21-16-5-3-4-15(9-16)20-10-13-8-14(18)6-7-17(13)19/h3-9,12,20H,10-11H2,1-2H3. The molecule has 2 nitrogen and oxygen atoms in total. The van der Waals surface area contributed by atoms with Crippen LogP contribution in [0, 0.1) is 11.7 Å². The summed E-state index contributed by atoms with van der Waals surface area (Å²) in [4.78, 5) is 0. The fourth-order valence-corrected chi connectivity index (χ4v) is 2.03. The van der Waals surface area contributed by atoms with Crippen LogP contribution in [0.3, 0.4) is 0 Å². The highest BCUT2D eigenvalue weighted by atomic mass is 35.5. The van der Waals surface area contributed by atoms with E-state index in [4.69, 9.17) is 16.3 Å². The Morgan fingerprint density at radius 3 is 2.76 bits per heavy atom. The van der Waals surface area contributed by atoms with Crippen molar-refractivity contribution in [1.29, 1.82) is 0 Å². The third-order valence-corrected chi connectivity index (χ3v) is 3.14. The highest BCUT2D eigenvalue weighted by Gasteiger charge is 2.04. The van der Waals surface area contributed by atoms with Crippen LogP contribution in [0.2, 0.25) is 5.02 Å². The molecule has 0 heterocycles. The zero-order chi connectivity index (χ0) is 15.2. The Kier molecular flexibility index (Phi) is 5.45. The molecule has 21 heavy (non-hydrogen) atoms. The Morgan fingerprint density at radius 2 is 2.00 bits per heavy atom. The van der Waals surface area contributed by atoms with Gasteiger partial charge in [0, 0.05) is 28.9 Å². The Labute approximate surface area is 129 Å². The van der Waals surface area contributed by atoms with Crippen molar-refractivity contribution >= 4 is 17.3 Å². The highest BCUT2D eigenvalue weighted by Crippen LogP contribution is 2.20. The van der Waals surface area contributed by atoms with Gasteiger partial charge in [0.2, 0.25) is 0 Å². The smallest absolute Gasteiger partial charge is 0.128 e. The summed E-state index contributed by atoms with van der Waals surface area (Å²) in [6.07, 6.45) is 0. The van der Waals surface area contributed by atoms with E-state index < -0.39 is 0 Å². The Hall–Kier alpha value is -1.74. The number of anilines is 1. The third kappa shape index (κ3) is 4.94. The first-order valence-corrected chi connectivity index (χ1v) is 7.33. The van der Waals surface area contributed by atoms with Gasteiger partial charge in [0.05, 0.1) is 6.61 Å². The number of rotatable bonds is 6. The molecule has 2 rings (SSSR count). The first kappa shape index (κ1) is 15.6. The summed E-state index contributed by atoms with van der Waals surface area (Å²) >= 11 is 5.88. The summed E-state index contributed by atoms with van der Waals surface area (Å²) in [6, 6.07) is 12.2. The van der Waals surface area contributed by atoms with Crippen molar-refractivity contribution in [3.8, 4) is 5.75 Å². The summed E-state index contributed by atoms with van der Waals surface area (Å²) < 4.78 is 19.3. The van der Waals surface area contributed by atoms with Crippen LogP contribution < -0.4 is 10.1 Å². The normalized spacial score (nSPS) is 10.7. The molecular weight excluding hydrogens is 289 g/mol. The van der Waals surface area contributed by atoms with E-state index in [2.05, 4.69) is 19.2 Å². The molecule has 0 aliphatic carbocycles. The Bertz CT molecular complexity index is 601. The van der Waals surface area contributed by atoms with Gasteiger partial charge in [-0.05, 0) is 36.2 Å². The van der Waals surface area contributed by atoms with Crippen molar-refractivity contribution in [1.82, 2.24) is 0 Å². The first-order valence-electron chi connectivity index (χ1n) is 6.95. The molecule has 0 bridgehead atoms. The van der Waals surface area contributed by atoms with E-state index in [0.29, 0.717) is 29.7 Å². The number of nitrogens with one attached hydrogen (secondary N) is 1. The molecule has 112 valence electrons. The number of benzene rings is 2. The van der Waals surface area contributed by atoms with Crippen LogP contribution in [0.5, 0.6) is 5.75 Å². The molecule has 0 aromatic heterocycles. The number of halogens is 2. The molecule has 0 saturated heterocycles. The van der Waals surface area contributed by atoms with Crippen LogP contribution in [-0.4, -0.2) is 6.61 Å². The topological polar surface area (TPSA) is 21.3 Å². The molecule has 0 aliphatic rings. The zero-order valence-electron chi connectivity index (χ0n) is 12.2. The SMILES string of the molecule is CC(C)COc1cccc(NCc2cc(Cl)ccc2F)c1. The summed E-state index contributed by atoms with van der Waals surface area (Å²) in [5.74, 6) is 1.02. The molecule has 0 saturated carbocycles. The molecule has 1 N–H and O–H groups in total. The minimum atomic E-state index is -0.265. The molecule has 0 amide bonds. The molecule has 0 fully saturated rings. The van der Waals surface area contributed by atoms with Crippen LogP contribution in [0.4, 0.5) is 10.1 Å². The van der Waals surface area contributed by atoms with Gasteiger partial charge in [-0.15, -0.1) is 0 Å². The molecule has 2 aromatic rings. The fourth-order valence-electron chi connectivity index (χ4n) is 1.83. The lowest BCUT2D eigenvalue weighted by Gasteiger charge is -2.11. The average Bonchev–Trinajstić information content (AvgIpc) is 2.46. The first-order chi connectivity index (χ1) is 10.0. The second-order valence-corrected chi connectivity index (χ2v) is 5.76. The lowest BCUT2D eigenvalue weighted by atomic mass is 10.2. The molecular formula is C17H19ClFNO. The van der Waals surface area contributed by atoms with Crippen LogP contribution in [0.1, 0.15) is 19.4 Å². The summed E-state index contributed by atoms with van der Waals surface area (Å²) in [6.45, 7) is 5.25. The van der Waals surface area contributed by atoms with Gasteiger partial charge in [-0.2, -0.15) is 0 Å². The van der Waals surface area contributed by atoms with E-state index in [0.717, 1.165) is 11.4 Å². The monoisotopic (exact) mass is 307 g/mol. The van der Waals surface area contributed by atoms with Crippen LogP contribution in [0.15, 0.2) is 42.5 Å². The largest absolute Gasteiger partial charge is 0.493 e. The zero-order valence-corrected chi connectivity index (χ0v) is 13.0. The molecule has 2 aromatic carbocycles. The average molecular weight is 308 g/mol. The Morgan fingerprint density at radius 1 is 1.19 bits per heavy atom. The fraction of sp³-hybridized carbons (Fsp3) is 0.294. The van der Waals surface area contributed by atoms with Gasteiger partial charge in [-0.3, -0.25) is 0 Å². The lowest BCUT2D eigenvalue weighted by Crippen LogP contribution is -2.05. The van der Waals surface area contributed by atoms with Gasteiger partial charge in [0.25, 0.3) is 0 Å². The number of hydrogen-bond acceptors (Lipinski definition) is 2. The summed E-state index contributed by atoms with van der Waals surface area (Å²) in [7, 11) is 0. The van der Waals surface area contributed by atoms with Crippen molar-refractivity contribution in [2.24, 2.45) is 5.92 Å². The second-order valence-electron chi connectivity index (χ2n) is 5.32. The molecule has 0 aliphatic heterocycles. The van der Waals surface area contributed by atoms with Crippen molar-refractivity contribution < 1.29 is 9.13 Å². The van der Waals surface area contributed by atoms with Crippen molar-refractivity contribution in [3.63, 3.8) is 0 Å². The lowest BCUT2D eigenvalue weighted by molar-refractivity contribution is 0.271. The van der Waals surface area contributed by atoms with Gasteiger partial charge in [-0.1, -0.05) is 31.5 Å². The van der Waals surface area contributed by atoms with Crippen LogP contribution >= 0.6 is 11.6 Å². The second kappa shape index (κ2) is 7.32. The van der Waals surface area contributed by atoms with Crippen molar-refractivity contribution in [2.75, 3.05) is 11.9 Å². The van der Waals surface area contributed by atoms with Gasteiger partial charge in [-0.25, -0.2) is 4.39 Å². The van der Waals surface area contributed by atoms with Gasteiger partial charge in [0.15, 0.2) is 0 Å². The van der Waals surface area contributed by atoms with E-state index in [1.807, 2.05) is 24.3 Å². The van der Waals surface area contributed by atoms with Crippen LogP contribution in [0.25, 0.3) is 0 Å². The van der Waals surface area contributed by atoms with Gasteiger partial charge < -0.3 is 10.1 Å². The third-order valence-electron chi connectivity index (χ3n) is 2.91. The molecule has 0 radical (unpaired) electrons. The highest BCUT2D eigenvalue weighted by molar-refractivity contribution is 6.30.